The Labute approximate surface area is 142 Å². The molecule has 0 aliphatic heterocycles. The number of para-hydroxylation sites is 1. The predicted molar refractivity (Wildman–Crippen MR) is 90.5 cm³/mol. The lowest BCUT2D eigenvalue weighted by Gasteiger charge is -2.28. The fourth-order valence-electron chi connectivity index (χ4n) is 3.03. The highest BCUT2D eigenvalue weighted by Crippen LogP contribution is 2.39. The van der Waals surface area contributed by atoms with Crippen molar-refractivity contribution in [1.82, 2.24) is 0 Å². The third-order valence-corrected chi connectivity index (χ3v) is 4.18. The van der Waals surface area contributed by atoms with Crippen molar-refractivity contribution in [3.8, 4) is 5.75 Å². The smallest absolute Gasteiger partial charge is 0.310 e. The summed E-state index contributed by atoms with van der Waals surface area (Å²) in [7, 11) is 1.62. The predicted octanol–water partition coefficient (Wildman–Crippen LogP) is 3.23. The van der Waals surface area contributed by atoms with E-state index in [1.54, 1.807) is 21.0 Å². The minimum atomic E-state index is -0.533. The average Bonchev–Trinajstić information content (AvgIpc) is 2.61. The van der Waals surface area contributed by atoms with Crippen molar-refractivity contribution >= 4 is 17.5 Å². The largest absolute Gasteiger partial charge is 0.496 e. The summed E-state index contributed by atoms with van der Waals surface area (Å²) in [6.45, 7) is 4.11. The fraction of sp³-hybridized carbons (Fsp3) is 0.474. The molecule has 130 valence electrons. The van der Waals surface area contributed by atoms with Crippen LogP contribution in [0.15, 0.2) is 30.3 Å². The van der Waals surface area contributed by atoms with E-state index in [1.807, 2.05) is 30.3 Å². The first-order chi connectivity index (χ1) is 11.6. The van der Waals surface area contributed by atoms with E-state index in [0.717, 1.165) is 16.9 Å². The molecule has 1 aliphatic rings. The molecule has 0 saturated carbocycles. The summed E-state index contributed by atoms with van der Waals surface area (Å²) in [5, 5.41) is 0. The summed E-state index contributed by atoms with van der Waals surface area (Å²) in [4.78, 5) is 24.6. The van der Waals surface area contributed by atoms with Gasteiger partial charge in [-0.1, -0.05) is 24.3 Å². The van der Waals surface area contributed by atoms with Crippen molar-refractivity contribution in [3.05, 3.63) is 35.9 Å². The first-order valence-electron chi connectivity index (χ1n) is 8.28. The molecule has 2 rings (SSSR count). The SMILES string of the molecule is CCOC(=O)[C@H]1CC=C(c2ccccc2OC)C[C@@H]1C(=O)OCC. The zero-order valence-electron chi connectivity index (χ0n) is 14.4. The third kappa shape index (κ3) is 3.96. The van der Waals surface area contributed by atoms with Crippen molar-refractivity contribution in [2.45, 2.75) is 26.7 Å². The van der Waals surface area contributed by atoms with Gasteiger partial charge in [0.15, 0.2) is 0 Å². The molecule has 5 heteroatoms. The first kappa shape index (κ1) is 18.0. The first-order valence-corrected chi connectivity index (χ1v) is 8.28. The van der Waals surface area contributed by atoms with Crippen LogP contribution in [0.3, 0.4) is 0 Å². The standard InChI is InChI=1S/C19H24O5/c1-4-23-18(20)15-11-10-13(12-16(15)19(21)24-5-2)14-8-6-7-9-17(14)22-3/h6-10,15-16H,4-5,11-12H2,1-3H3/t15-,16-/m0/s1. The molecule has 0 N–H and O–H groups in total. The molecular weight excluding hydrogens is 308 g/mol. The van der Waals surface area contributed by atoms with E-state index in [9.17, 15) is 9.59 Å². The highest BCUT2D eigenvalue weighted by Gasteiger charge is 2.38. The topological polar surface area (TPSA) is 61.8 Å². The van der Waals surface area contributed by atoms with Gasteiger partial charge < -0.3 is 14.2 Å². The number of rotatable bonds is 6. The van der Waals surface area contributed by atoms with Crippen LogP contribution in [0, 0.1) is 11.8 Å². The molecule has 2 atom stereocenters. The second kappa shape index (κ2) is 8.52. The second-order valence-electron chi connectivity index (χ2n) is 5.59. The molecule has 0 aromatic heterocycles. The number of methoxy groups -OCH3 is 1. The van der Waals surface area contributed by atoms with Crippen LogP contribution in [0.2, 0.25) is 0 Å². The summed E-state index contributed by atoms with van der Waals surface area (Å²) < 4.78 is 15.7. The average molecular weight is 332 g/mol. The van der Waals surface area contributed by atoms with Gasteiger partial charge in [0, 0.05) is 5.56 Å². The van der Waals surface area contributed by atoms with Gasteiger partial charge in [-0.3, -0.25) is 9.59 Å². The highest BCUT2D eigenvalue weighted by atomic mass is 16.5. The Hall–Kier alpha value is -2.30. The van der Waals surface area contributed by atoms with Crippen molar-refractivity contribution in [1.29, 1.82) is 0 Å². The van der Waals surface area contributed by atoms with E-state index in [2.05, 4.69) is 0 Å². The van der Waals surface area contributed by atoms with Crippen molar-refractivity contribution in [2.24, 2.45) is 11.8 Å². The number of carbonyl (C=O) groups excluding carboxylic acids is 2. The van der Waals surface area contributed by atoms with Gasteiger partial charge >= 0.3 is 11.9 Å². The van der Waals surface area contributed by atoms with Gasteiger partial charge in [-0.05, 0) is 38.3 Å². The minimum Gasteiger partial charge on any atom is -0.496 e. The van der Waals surface area contributed by atoms with Crippen LogP contribution in [0.5, 0.6) is 5.75 Å². The Bertz CT molecular complexity index is 620. The van der Waals surface area contributed by atoms with Crippen LogP contribution in [-0.4, -0.2) is 32.3 Å². The summed E-state index contributed by atoms with van der Waals surface area (Å²) in [6.07, 6.45) is 2.88. The number of carbonyl (C=O) groups is 2. The number of allylic oxidation sites excluding steroid dienone is 2. The highest BCUT2D eigenvalue weighted by molar-refractivity contribution is 5.86. The van der Waals surface area contributed by atoms with Crippen LogP contribution in [0.4, 0.5) is 0 Å². The molecule has 0 heterocycles. The van der Waals surface area contributed by atoms with Gasteiger partial charge in [0.2, 0.25) is 0 Å². The molecule has 0 bridgehead atoms. The molecule has 0 fully saturated rings. The van der Waals surface area contributed by atoms with E-state index in [4.69, 9.17) is 14.2 Å². The Morgan fingerprint density at radius 2 is 1.67 bits per heavy atom. The van der Waals surface area contributed by atoms with Crippen LogP contribution < -0.4 is 4.74 Å². The lowest BCUT2D eigenvalue weighted by Crippen LogP contribution is -2.34. The lowest BCUT2D eigenvalue weighted by atomic mass is 9.77. The van der Waals surface area contributed by atoms with Gasteiger partial charge in [0.05, 0.1) is 32.2 Å². The normalized spacial score (nSPS) is 20.0. The summed E-state index contributed by atoms with van der Waals surface area (Å²) in [6, 6.07) is 7.66. The summed E-state index contributed by atoms with van der Waals surface area (Å²) >= 11 is 0. The molecule has 0 unspecified atom stereocenters. The molecule has 0 spiro atoms. The van der Waals surface area contributed by atoms with Gasteiger partial charge in [-0.25, -0.2) is 0 Å². The van der Waals surface area contributed by atoms with Crippen molar-refractivity contribution in [3.63, 3.8) is 0 Å². The molecule has 0 radical (unpaired) electrons. The maximum Gasteiger partial charge on any atom is 0.310 e. The summed E-state index contributed by atoms with van der Waals surface area (Å²) in [5.41, 5.74) is 1.93. The maximum atomic E-state index is 12.4. The van der Waals surface area contributed by atoms with Crippen molar-refractivity contribution < 1.29 is 23.8 Å². The molecule has 1 aromatic carbocycles. The zero-order chi connectivity index (χ0) is 17.5. The van der Waals surface area contributed by atoms with Crippen LogP contribution >= 0.6 is 0 Å². The van der Waals surface area contributed by atoms with E-state index >= 15 is 0 Å². The summed E-state index contributed by atoms with van der Waals surface area (Å²) in [5.74, 6) is -0.973. The molecule has 0 saturated heterocycles. The Balaban J connectivity index is 2.31. The number of ether oxygens (including phenoxy) is 3. The van der Waals surface area contributed by atoms with Gasteiger partial charge in [0.1, 0.15) is 5.75 Å². The van der Waals surface area contributed by atoms with Crippen LogP contribution in [0.1, 0.15) is 32.3 Å². The van der Waals surface area contributed by atoms with Crippen molar-refractivity contribution in [2.75, 3.05) is 20.3 Å². The van der Waals surface area contributed by atoms with Crippen LogP contribution in [-0.2, 0) is 19.1 Å². The van der Waals surface area contributed by atoms with Gasteiger partial charge in [0.25, 0.3) is 0 Å². The fourth-order valence-corrected chi connectivity index (χ4v) is 3.03. The van der Waals surface area contributed by atoms with Crippen LogP contribution in [0.25, 0.3) is 5.57 Å². The molecule has 0 amide bonds. The third-order valence-electron chi connectivity index (χ3n) is 4.18. The monoisotopic (exact) mass is 332 g/mol. The molecule has 1 aromatic rings. The van der Waals surface area contributed by atoms with Gasteiger partial charge in [-0.15, -0.1) is 0 Å². The molecule has 1 aliphatic carbocycles. The number of hydrogen-bond donors (Lipinski definition) is 0. The van der Waals surface area contributed by atoms with Gasteiger partial charge in [-0.2, -0.15) is 0 Å². The van der Waals surface area contributed by atoms with E-state index in [-0.39, 0.29) is 11.9 Å². The Morgan fingerprint density at radius 3 is 2.29 bits per heavy atom. The Morgan fingerprint density at radius 1 is 1.04 bits per heavy atom. The van der Waals surface area contributed by atoms with E-state index in [1.165, 1.54) is 0 Å². The minimum absolute atomic E-state index is 0.290. The van der Waals surface area contributed by atoms with E-state index in [0.29, 0.717) is 26.1 Å². The zero-order valence-corrected chi connectivity index (χ0v) is 14.4. The number of esters is 2. The van der Waals surface area contributed by atoms with E-state index < -0.39 is 11.8 Å². The lowest BCUT2D eigenvalue weighted by molar-refractivity contribution is -0.160. The number of benzene rings is 1. The number of hydrogen-bond acceptors (Lipinski definition) is 5. The quantitative estimate of drug-likeness (QED) is 0.749. The molecule has 24 heavy (non-hydrogen) atoms. The molecular formula is C19H24O5. The Kier molecular flexibility index (Phi) is 6.41. The maximum absolute atomic E-state index is 12.4. The second-order valence-corrected chi connectivity index (χ2v) is 5.59. The molecule has 5 nitrogen and oxygen atoms in total.